The Kier molecular flexibility index (Phi) is 3.55. The van der Waals surface area contributed by atoms with Gasteiger partial charge in [0.1, 0.15) is 0 Å². The normalized spacial score (nSPS) is 29.4. The average molecular weight is 261 g/mol. The van der Waals surface area contributed by atoms with E-state index in [0.717, 1.165) is 42.5 Å². The van der Waals surface area contributed by atoms with Gasteiger partial charge < -0.3 is 9.88 Å². The molecule has 106 valence electrons. The molecule has 1 aromatic heterocycles. The number of fused-ring (bicyclic) bond motifs is 2. The third kappa shape index (κ3) is 2.80. The molecule has 1 heterocycles. The first-order valence-electron chi connectivity index (χ1n) is 7.89. The summed E-state index contributed by atoms with van der Waals surface area (Å²) in [5.74, 6) is 4.66. The maximum Gasteiger partial charge on any atom is 0.203 e. The molecule has 3 heteroatoms. The Morgan fingerprint density at radius 1 is 1.37 bits per heavy atom. The fourth-order valence-corrected chi connectivity index (χ4v) is 4.07. The van der Waals surface area contributed by atoms with Gasteiger partial charge >= 0.3 is 0 Å². The van der Waals surface area contributed by atoms with E-state index in [2.05, 4.69) is 41.8 Å². The zero-order chi connectivity index (χ0) is 13.4. The Morgan fingerprint density at radius 3 is 2.84 bits per heavy atom. The van der Waals surface area contributed by atoms with E-state index < -0.39 is 0 Å². The van der Waals surface area contributed by atoms with Crippen LogP contribution in [0.4, 0.5) is 5.95 Å². The van der Waals surface area contributed by atoms with Crippen LogP contribution in [0.15, 0.2) is 6.20 Å². The van der Waals surface area contributed by atoms with Gasteiger partial charge in [0.2, 0.25) is 5.95 Å². The van der Waals surface area contributed by atoms with Crippen LogP contribution in [0.25, 0.3) is 0 Å². The van der Waals surface area contributed by atoms with Crippen molar-refractivity contribution in [2.45, 2.75) is 53.0 Å². The smallest absolute Gasteiger partial charge is 0.203 e. The van der Waals surface area contributed by atoms with Crippen LogP contribution >= 0.6 is 0 Å². The highest BCUT2D eigenvalue weighted by Crippen LogP contribution is 2.48. The van der Waals surface area contributed by atoms with Gasteiger partial charge in [0.25, 0.3) is 0 Å². The highest BCUT2D eigenvalue weighted by molar-refractivity contribution is 5.29. The molecule has 3 nitrogen and oxygen atoms in total. The van der Waals surface area contributed by atoms with Gasteiger partial charge in [0, 0.05) is 19.3 Å². The Morgan fingerprint density at radius 2 is 2.21 bits per heavy atom. The predicted octanol–water partition coefficient (Wildman–Crippen LogP) is 3.70. The summed E-state index contributed by atoms with van der Waals surface area (Å²) in [5.41, 5.74) is 1.12. The number of imidazole rings is 1. The predicted molar refractivity (Wildman–Crippen MR) is 79.2 cm³/mol. The largest absolute Gasteiger partial charge is 0.355 e. The Labute approximate surface area is 116 Å². The number of nitrogens with one attached hydrogen (secondary N) is 1. The summed E-state index contributed by atoms with van der Waals surface area (Å²) in [6.07, 6.45) is 8.06. The van der Waals surface area contributed by atoms with Gasteiger partial charge in [-0.2, -0.15) is 0 Å². The quantitative estimate of drug-likeness (QED) is 0.876. The molecule has 0 aromatic carbocycles. The van der Waals surface area contributed by atoms with E-state index in [-0.39, 0.29) is 0 Å². The lowest BCUT2D eigenvalue weighted by molar-refractivity contribution is 0.347. The van der Waals surface area contributed by atoms with Crippen LogP contribution in [0.1, 0.15) is 45.2 Å². The van der Waals surface area contributed by atoms with Crippen molar-refractivity contribution < 1.29 is 0 Å². The zero-order valence-electron chi connectivity index (χ0n) is 12.5. The molecular formula is C16H27N3. The maximum absolute atomic E-state index is 4.64. The molecule has 0 radical (unpaired) electrons. The Hall–Kier alpha value is -0.990. The van der Waals surface area contributed by atoms with Crippen LogP contribution in [0.5, 0.6) is 0 Å². The first-order chi connectivity index (χ1) is 9.11. The van der Waals surface area contributed by atoms with Crippen molar-refractivity contribution in [2.24, 2.45) is 23.7 Å². The highest BCUT2D eigenvalue weighted by atomic mass is 15.2. The standard InChI is InChI=1S/C16H27N3/c1-11(2)9-19-10-12(3)18-16(19)17-8-15-7-13-4-5-14(15)6-13/h10-11,13-15H,4-9H2,1-3H3,(H,17,18). The van der Waals surface area contributed by atoms with Gasteiger partial charge in [-0.3, -0.25) is 0 Å². The van der Waals surface area contributed by atoms with E-state index >= 15 is 0 Å². The van der Waals surface area contributed by atoms with Crippen LogP contribution in [0.2, 0.25) is 0 Å². The molecule has 19 heavy (non-hydrogen) atoms. The molecule has 2 aliphatic rings. The highest BCUT2D eigenvalue weighted by Gasteiger charge is 2.39. The molecule has 3 unspecified atom stereocenters. The van der Waals surface area contributed by atoms with Crippen LogP contribution in [0.3, 0.4) is 0 Å². The molecular weight excluding hydrogens is 234 g/mol. The minimum absolute atomic E-state index is 0.664. The fourth-order valence-electron chi connectivity index (χ4n) is 4.07. The molecule has 2 aliphatic carbocycles. The monoisotopic (exact) mass is 261 g/mol. The lowest BCUT2D eigenvalue weighted by Crippen LogP contribution is -2.22. The van der Waals surface area contributed by atoms with Crippen molar-refractivity contribution in [2.75, 3.05) is 11.9 Å². The first-order valence-corrected chi connectivity index (χ1v) is 7.89. The second-order valence-corrected chi connectivity index (χ2v) is 7.07. The molecule has 1 N–H and O–H groups in total. The number of hydrogen-bond acceptors (Lipinski definition) is 2. The van der Waals surface area contributed by atoms with Gasteiger partial charge in [-0.1, -0.05) is 20.3 Å². The average Bonchev–Trinajstić information content (AvgIpc) is 3.01. The second kappa shape index (κ2) is 5.18. The summed E-state index contributed by atoms with van der Waals surface area (Å²) in [4.78, 5) is 4.64. The van der Waals surface area contributed by atoms with Crippen LogP contribution in [-0.2, 0) is 6.54 Å². The van der Waals surface area contributed by atoms with Gasteiger partial charge in [-0.15, -0.1) is 0 Å². The molecule has 0 amide bonds. The molecule has 0 aliphatic heterocycles. The summed E-state index contributed by atoms with van der Waals surface area (Å²) < 4.78 is 2.28. The first kappa shape index (κ1) is 13.0. The lowest BCUT2D eigenvalue weighted by atomic mass is 9.89. The summed E-state index contributed by atoms with van der Waals surface area (Å²) in [6, 6.07) is 0. The van der Waals surface area contributed by atoms with Crippen LogP contribution < -0.4 is 5.32 Å². The zero-order valence-corrected chi connectivity index (χ0v) is 12.5. The second-order valence-electron chi connectivity index (χ2n) is 7.07. The third-order valence-electron chi connectivity index (χ3n) is 4.87. The number of nitrogens with zero attached hydrogens (tertiary/aromatic N) is 2. The van der Waals surface area contributed by atoms with Gasteiger partial charge in [-0.25, -0.2) is 4.98 Å². The topological polar surface area (TPSA) is 29.9 Å². The van der Waals surface area contributed by atoms with Crippen molar-refractivity contribution in [1.29, 1.82) is 0 Å². The molecule has 2 saturated carbocycles. The molecule has 0 saturated heterocycles. The summed E-state index contributed by atoms with van der Waals surface area (Å²) in [7, 11) is 0. The number of rotatable bonds is 5. The molecule has 2 bridgehead atoms. The Balaban J connectivity index is 1.60. The van der Waals surface area contributed by atoms with Gasteiger partial charge in [0.15, 0.2) is 0 Å². The number of hydrogen-bond donors (Lipinski definition) is 1. The van der Waals surface area contributed by atoms with Crippen molar-refractivity contribution in [3.8, 4) is 0 Å². The van der Waals surface area contributed by atoms with E-state index in [1.165, 1.54) is 25.7 Å². The fraction of sp³-hybridized carbons (Fsp3) is 0.812. The molecule has 3 rings (SSSR count). The summed E-state index contributed by atoms with van der Waals surface area (Å²) in [5, 5.41) is 3.62. The van der Waals surface area contributed by atoms with E-state index in [0.29, 0.717) is 5.92 Å². The molecule has 3 atom stereocenters. The van der Waals surface area contributed by atoms with E-state index in [9.17, 15) is 0 Å². The van der Waals surface area contributed by atoms with Crippen LogP contribution in [-0.4, -0.2) is 16.1 Å². The molecule has 2 fully saturated rings. The SMILES string of the molecule is Cc1cn(CC(C)C)c(NCC2CC3CCC2C3)n1. The van der Waals surface area contributed by atoms with Crippen molar-refractivity contribution in [3.63, 3.8) is 0 Å². The number of aryl methyl sites for hydroxylation is 1. The van der Waals surface area contributed by atoms with Gasteiger partial charge in [0.05, 0.1) is 5.69 Å². The number of anilines is 1. The van der Waals surface area contributed by atoms with Gasteiger partial charge in [-0.05, 0) is 49.9 Å². The Bertz CT molecular complexity index is 435. The summed E-state index contributed by atoms with van der Waals surface area (Å²) >= 11 is 0. The molecule has 1 aromatic rings. The third-order valence-corrected chi connectivity index (χ3v) is 4.87. The van der Waals surface area contributed by atoms with E-state index in [1.54, 1.807) is 0 Å². The van der Waals surface area contributed by atoms with E-state index in [1.807, 2.05) is 0 Å². The minimum Gasteiger partial charge on any atom is -0.355 e. The van der Waals surface area contributed by atoms with Crippen LogP contribution in [0, 0.1) is 30.6 Å². The molecule has 0 spiro atoms. The lowest BCUT2D eigenvalue weighted by Gasteiger charge is -2.22. The minimum atomic E-state index is 0.664. The van der Waals surface area contributed by atoms with Crippen molar-refractivity contribution in [1.82, 2.24) is 9.55 Å². The number of aromatic nitrogens is 2. The summed E-state index contributed by atoms with van der Waals surface area (Å²) in [6.45, 7) is 8.78. The van der Waals surface area contributed by atoms with E-state index in [4.69, 9.17) is 0 Å². The van der Waals surface area contributed by atoms with Crippen molar-refractivity contribution >= 4 is 5.95 Å². The maximum atomic E-state index is 4.64. The van der Waals surface area contributed by atoms with Crippen molar-refractivity contribution in [3.05, 3.63) is 11.9 Å².